The van der Waals surface area contributed by atoms with E-state index in [1.54, 1.807) is 27.0 Å². The molecule has 1 aromatic heterocycles. The van der Waals surface area contributed by atoms with E-state index in [1.807, 2.05) is 0 Å². The normalized spacial score (nSPS) is 29.8. The number of hydrogen-bond donors (Lipinski definition) is 0. The number of aromatic nitrogens is 3. The zero-order valence-corrected chi connectivity index (χ0v) is 18.0. The highest BCUT2D eigenvalue weighted by Crippen LogP contribution is 2.40. The van der Waals surface area contributed by atoms with Gasteiger partial charge >= 0.3 is 0 Å². The summed E-state index contributed by atoms with van der Waals surface area (Å²) in [5.41, 5.74) is 2.82. The van der Waals surface area contributed by atoms with E-state index < -0.39 is 47.9 Å². The van der Waals surface area contributed by atoms with Gasteiger partial charge in [-0.15, -0.1) is 10.8 Å². The molecule has 1 aromatic carbocycles. The average molecular weight is 454 g/mol. The molecule has 0 amide bonds. The van der Waals surface area contributed by atoms with E-state index in [0.29, 0.717) is 6.61 Å². The maximum Gasteiger partial charge on any atom is 0.178 e. The summed E-state index contributed by atoms with van der Waals surface area (Å²) >= 11 is 5.66. The molecule has 4 rings (SSSR count). The van der Waals surface area contributed by atoms with Crippen molar-refractivity contribution in [1.29, 1.82) is 0 Å². The van der Waals surface area contributed by atoms with Crippen LogP contribution >= 0.6 is 11.6 Å². The molecule has 0 N–H and O–H groups in total. The molecule has 0 radical (unpaired) electrons. The van der Waals surface area contributed by atoms with Gasteiger partial charge in [0.25, 0.3) is 0 Å². The number of fused-ring (bicyclic) bond motifs is 1. The van der Waals surface area contributed by atoms with E-state index in [0.717, 1.165) is 0 Å². The zero-order chi connectivity index (χ0) is 22.3. The van der Waals surface area contributed by atoms with E-state index in [4.69, 9.17) is 30.5 Å². The quantitative estimate of drug-likeness (QED) is 0.519. The van der Waals surface area contributed by atoms with Gasteiger partial charge < -0.3 is 18.9 Å². The van der Waals surface area contributed by atoms with Crippen LogP contribution in [0.1, 0.15) is 19.9 Å². The Morgan fingerprint density at radius 1 is 1.35 bits per heavy atom. The van der Waals surface area contributed by atoms with Crippen LogP contribution in [-0.2, 0) is 18.9 Å². The minimum atomic E-state index is -1.14. The highest BCUT2D eigenvalue weighted by atomic mass is 35.5. The Bertz CT molecular complexity index is 1020. The molecule has 2 aliphatic rings. The Morgan fingerprint density at radius 3 is 2.84 bits per heavy atom. The molecule has 2 aliphatic heterocycles. The molecule has 3 heterocycles. The maximum atomic E-state index is 14.4. The lowest BCUT2D eigenvalue weighted by Gasteiger charge is -2.50. The van der Waals surface area contributed by atoms with Gasteiger partial charge in [0.1, 0.15) is 36.2 Å². The van der Waals surface area contributed by atoms with Crippen molar-refractivity contribution in [3.63, 3.8) is 0 Å². The largest absolute Gasteiger partial charge is 0.376 e. The third kappa shape index (κ3) is 4.05. The second-order valence-corrected chi connectivity index (χ2v) is 8.21. The number of rotatable bonds is 4. The van der Waals surface area contributed by atoms with Gasteiger partial charge in [0, 0.05) is 12.7 Å². The molecule has 0 bridgehead atoms. The van der Waals surface area contributed by atoms with Gasteiger partial charge in [-0.1, -0.05) is 23.4 Å². The minimum absolute atomic E-state index is 0.0542. The van der Waals surface area contributed by atoms with Crippen molar-refractivity contribution in [3.8, 4) is 11.3 Å². The molecule has 0 saturated carbocycles. The fourth-order valence-electron chi connectivity index (χ4n) is 3.98. The summed E-state index contributed by atoms with van der Waals surface area (Å²) < 4.78 is 53.6. The van der Waals surface area contributed by atoms with Gasteiger partial charge in [-0.3, -0.25) is 0 Å². The lowest BCUT2D eigenvalue weighted by Crippen LogP contribution is -2.62. The van der Waals surface area contributed by atoms with E-state index >= 15 is 0 Å². The summed E-state index contributed by atoms with van der Waals surface area (Å²) in [7, 11) is 1.54. The Labute approximate surface area is 183 Å². The molecule has 2 fully saturated rings. The lowest BCUT2D eigenvalue weighted by atomic mass is 9.91. The topological polar surface area (TPSA) is 67.6 Å². The van der Waals surface area contributed by atoms with E-state index in [-0.39, 0.29) is 16.3 Å². The monoisotopic (exact) mass is 453 g/mol. The van der Waals surface area contributed by atoms with Gasteiger partial charge in [-0.2, -0.15) is 0 Å². The highest BCUT2D eigenvalue weighted by molar-refractivity contribution is 6.30. The minimum Gasteiger partial charge on any atom is -0.376 e. The molecule has 0 aliphatic carbocycles. The molecule has 5 atom stereocenters. The first-order valence-electron chi connectivity index (χ1n) is 9.67. The van der Waals surface area contributed by atoms with Gasteiger partial charge in [0.05, 0.1) is 17.8 Å². The van der Waals surface area contributed by atoms with Crippen molar-refractivity contribution in [2.45, 2.75) is 50.1 Å². The summed E-state index contributed by atoms with van der Waals surface area (Å²) in [6.07, 6.45) is 1.22. The molecule has 2 aromatic rings. The standard InChI is InChI=1S/C21H22ClF2N3O4/c1-5-6-14-19(28-4)18(20-15(30-14)10-29-21(2,3)31-20)27-9-13(25-26-27)11-7-8-12(22)17(24)16(11)23/h6-9,14-15,18-20H,1,10H2,2-4H3/t14-,15-,18?,19+,20+/m1/s1. The first-order valence-corrected chi connectivity index (χ1v) is 10.0. The fourth-order valence-corrected chi connectivity index (χ4v) is 4.12. The molecule has 31 heavy (non-hydrogen) atoms. The number of nitrogens with zero attached hydrogens (tertiary/aromatic N) is 3. The number of hydrogen-bond acceptors (Lipinski definition) is 6. The fraction of sp³-hybridized carbons (Fsp3) is 0.476. The third-order valence-corrected chi connectivity index (χ3v) is 5.68. The summed E-state index contributed by atoms with van der Waals surface area (Å²) in [5, 5.41) is 7.92. The van der Waals surface area contributed by atoms with Gasteiger partial charge in [0.2, 0.25) is 0 Å². The predicted octanol–water partition coefficient (Wildman–Crippen LogP) is 3.69. The van der Waals surface area contributed by atoms with Crippen LogP contribution in [0.2, 0.25) is 5.02 Å². The molecule has 2 saturated heterocycles. The molecular formula is C21H22ClF2N3O4. The van der Waals surface area contributed by atoms with Crippen molar-refractivity contribution < 1.29 is 27.7 Å². The zero-order valence-electron chi connectivity index (χ0n) is 17.2. The molecule has 7 nitrogen and oxygen atoms in total. The summed E-state index contributed by atoms with van der Waals surface area (Å²) in [4.78, 5) is 0. The Morgan fingerprint density at radius 2 is 2.13 bits per heavy atom. The summed E-state index contributed by atoms with van der Waals surface area (Å²) in [5.74, 6) is -3.08. The van der Waals surface area contributed by atoms with Crippen molar-refractivity contribution in [2.75, 3.05) is 13.7 Å². The van der Waals surface area contributed by atoms with Crippen LogP contribution in [-0.4, -0.2) is 58.9 Å². The van der Waals surface area contributed by atoms with Gasteiger partial charge in [0.15, 0.2) is 17.4 Å². The third-order valence-electron chi connectivity index (χ3n) is 5.39. The van der Waals surface area contributed by atoms with Crippen LogP contribution in [0, 0.1) is 11.6 Å². The van der Waals surface area contributed by atoms with Crippen LogP contribution < -0.4 is 0 Å². The SMILES string of the molecule is C=C=C[C@H]1O[C@@H]2COC(C)(C)O[C@@H]2C(n2cc(-c3ccc(Cl)c(F)c3F)nn2)[C@H]1OC. The van der Waals surface area contributed by atoms with Crippen molar-refractivity contribution >= 4 is 11.6 Å². The maximum absolute atomic E-state index is 14.4. The number of benzene rings is 1. The lowest BCUT2D eigenvalue weighted by molar-refractivity contribution is -0.345. The summed E-state index contributed by atoms with van der Waals surface area (Å²) in [6, 6.07) is 2.13. The van der Waals surface area contributed by atoms with E-state index in [9.17, 15) is 8.78 Å². The van der Waals surface area contributed by atoms with Crippen molar-refractivity contribution in [3.05, 3.63) is 53.4 Å². The van der Waals surface area contributed by atoms with Crippen LogP contribution in [0.4, 0.5) is 8.78 Å². The first kappa shape index (κ1) is 22.1. The number of methoxy groups -OCH3 is 1. The van der Waals surface area contributed by atoms with Crippen LogP contribution in [0.3, 0.4) is 0 Å². The highest BCUT2D eigenvalue weighted by Gasteiger charge is 2.52. The second-order valence-electron chi connectivity index (χ2n) is 7.80. The predicted molar refractivity (Wildman–Crippen MR) is 107 cm³/mol. The molecule has 1 unspecified atom stereocenters. The average Bonchev–Trinajstić information content (AvgIpc) is 3.20. The molecule has 166 valence electrons. The second kappa shape index (κ2) is 8.43. The van der Waals surface area contributed by atoms with Crippen LogP contribution in [0.25, 0.3) is 11.3 Å². The molecule has 10 heteroatoms. The molecule has 0 spiro atoms. The number of halogens is 3. The van der Waals surface area contributed by atoms with Crippen LogP contribution in [0.5, 0.6) is 0 Å². The number of ether oxygens (including phenoxy) is 4. The van der Waals surface area contributed by atoms with Crippen LogP contribution in [0.15, 0.2) is 36.7 Å². The molecular weight excluding hydrogens is 432 g/mol. The van der Waals surface area contributed by atoms with Gasteiger partial charge in [-0.05, 0) is 32.1 Å². The van der Waals surface area contributed by atoms with E-state index in [1.165, 1.54) is 23.0 Å². The smallest absolute Gasteiger partial charge is 0.178 e. The summed E-state index contributed by atoms with van der Waals surface area (Å²) in [6.45, 7) is 7.52. The van der Waals surface area contributed by atoms with Crippen molar-refractivity contribution in [1.82, 2.24) is 15.0 Å². The Balaban J connectivity index is 1.76. The Kier molecular flexibility index (Phi) is 6.00. The Hall–Kier alpha value is -2.13. The van der Waals surface area contributed by atoms with Crippen molar-refractivity contribution in [2.24, 2.45) is 0 Å². The van der Waals surface area contributed by atoms with Gasteiger partial charge in [-0.25, -0.2) is 13.5 Å². The first-order chi connectivity index (χ1) is 14.8. The van der Waals surface area contributed by atoms with E-state index in [2.05, 4.69) is 22.6 Å².